The van der Waals surface area contributed by atoms with Crippen molar-refractivity contribution in [2.24, 2.45) is 5.92 Å². The number of hydrogen-bond donors (Lipinski definition) is 3. The molecule has 0 atom stereocenters. The van der Waals surface area contributed by atoms with Gasteiger partial charge in [0.15, 0.2) is 0 Å². The van der Waals surface area contributed by atoms with Crippen molar-refractivity contribution in [2.45, 2.75) is 31.3 Å². The maximum absolute atomic E-state index is 10.9. The van der Waals surface area contributed by atoms with Crippen molar-refractivity contribution >= 4 is 11.9 Å². The van der Waals surface area contributed by atoms with Crippen molar-refractivity contribution in [2.75, 3.05) is 0 Å². The SMILES string of the molecule is O=C(O)c1ccc(C2(O)CCC(C(=O)O)CC2)cc1. The van der Waals surface area contributed by atoms with Gasteiger partial charge in [-0.25, -0.2) is 4.79 Å². The minimum absolute atomic E-state index is 0.173. The summed E-state index contributed by atoms with van der Waals surface area (Å²) in [6.07, 6.45) is 1.64. The van der Waals surface area contributed by atoms with Gasteiger partial charge in [-0.15, -0.1) is 0 Å². The second-order valence-corrected chi connectivity index (χ2v) is 5.03. The topological polar surface area (TPSA) is 94.8 Å². The van der Waals surface area contributed by atoms with E-state index in [1.807, 2.05) is 0 Å². The Hall–Kier alpha value is -1.88. The fourth-order valence-corrected chi connectivity index (χ4v) is 2.55. The van der Waals surface area contributed by atoms with E-state index < -0.39 is 23.5 Å². The van der Waals surface area contributed by atoms with Crippen LogP contribution in [0.25, 0.3) is 0 Å². The van der Waals surface area contributed by atoms with Crippen LogP contribution in [0.4, 0.5) is 0 Å². The van der Waals surface area contributed by atoms with Crippen LogP contribution in [-0.4, -0.2) is 27.3 Å². The summed E-state index contributed by atoms with van der Waals surface area (Å²) in [6.45, 7) is 0. The van der Waals surface area contributed by atoms with Crippen LogP contribution in [0.1, 0.15) is 41.6 Å². The summed E-state index contributed by atoms with van der Waals surface area (Å²) in [4.78, 5) is 21.6. The molecule has 0 aliphatic heterocycles. The molecule has 0 spiro atoms. The van der Waals surface area contributed by atoms with Gasteiger partial charge in [-0.1, -0.05) is 12.1 Å². The lowest BCUT2D eigenvalue weighted by molar-refractivity contribution is -0.145. The van der Waals surface area contributed by atoms with Crippen LogP contribution < -0.4 is 0 Å². The summed E-state index contributed by atoms with van der Waals surface area (Å²) in [5, 5.41) is 28.3. The zero-order valence-electron chi connectivity index (χ0n) is 10.4. The lowest BCUT2D eigenvalue weighted by Gasteiger charge is -2.35. The number of benzene rings is 1. The van der Waals surface area contributed by atoms with Gasteiger partial charge in [0.1, 0.15) is 0 Å². The Morgan fingerprint density at radius 2 is 1.58 bits per heavy atom. The highest BCUT2D eigenvalue weighted by atomic mass is 16.4. The van der Waals surface area contributed by atoms with Gasteiger partial charge < -0.3 is 15.3 Å². The Labute approximate surface area is 110 Å². The Morgan fingerprint density at radius 1 is 1.05 bits per heavy atom. The largest absolute Gasteiger partial charge is 0.481 e. The number of rotatable bonds is 3. The van der Waals surface area contributed by atoms with Gasteiger partial charge >= 0.3 is 11.9 Å². The molecule has 0 amide bonds. The quantitative estimate of drug-likeness (QED) is 0.774. The number of carboxylic acid groups (broad SMARTS) is 2. The first-order valence-corrected chi connectivity index (χ1v) is 6.21. The van der Waals surface area contributed by atoms with Crippen LogP contribution in [0.2, 0.25) is 0 Å². The first-order chi connectivity index (χ1) is 8.92. The molecule has 1 fully saturated rings. The third kappa shape index (κ3) is 2.76. The summed E-state index contributed by atoms with van der Waals surface area (Å²) in [7, 11) is 0. The van der Waals surface area contributed by atoms with Crippen molar-refractivity contribution in [1.29, 1.82) is 0 Å². The van der Waals surface area contributed by atoms with Gasteiger partial charge in [0.25, 0.3) is 0 Å². The van der Waals surface area contributed by atoms with E-state index in [-0.39, 0.29) is 5.56 Å². The Morgan fingerprint density at radius 3 is 2.00 bits per heavy atom. The Bertz CT molecular complexity index is 483. The first kappa shape index (κ1) is 13.5. The molecule has 5 nitrogen and oxygen atoms in total. The molecule has 5 heteroatoms. The van der Waals surface area contributed by atoms with E-state index >= 15 is 0 Å². The standard InChI is InChI=1S/C14H16O5/c15-12(16)9-1-3-11(4-2-9)14(19)7-5-10(6-8-14)13(17)18/h1-4,10,19H,5-8H2,(H,15,16)(H,17,18). The van der Waals surface area contributed by atoms with Gasteiger partial charge in [0.2, 0.25) is 0 Å². The van der Waals surface area contributed by atoms with E-state index in [0.29, 0.717) is 31.2 Å². The third-order valence-electron chi connectivity index (χ3n) is 3.83. The molecule has 0 heterocycles. The predicted octanol–water partition coefficient (Wildman–Crippen LogP) is 1.85. The van der Waals surface area contributed by atoms with E-state index in [1.54, 1.807) is 12.1 Å². The van der Waals surface area contributed by atoms with Gasteiger partial charge in [-0.3, -0.25) is 4.79 Å². The smallest absolute Gasteiger partial charge is 0.335 e. The maximum atomic E-state index is 10.9. The summed E-state index contributed by atoms with van der Waals surface area (Å²) < 4.78 is 0. The van der Waals surface area contributed by atoms with Crippen LogP contribution in [0, 0.1) is 5.92 Å². The minimum Gasteiger partial charge on any atom is -0.481 e. The summed E-state index contributed by atoms with van der Waals surface area (Å²) in [6, 6.07) is 6.12. The molecule has 0 unspecified atom stereocenters. The molecule has 0 bridgehead atoms. The number of carboxylic acids is 2. The fourth-order valence-electron chi connectivity index (χ4n) is 2.55. The van der Waals surface area contributed by atoms with Crippen molar-refractivity contribution in [3.05, 3.63) is 35.4 Å². The van der Waals surface area contributed by atoms with E-state index in [1.165, 1.54) is 12.1 Å². The lowest BCUT2D eigenvalue weighted by Crippen LogP contribution is -2.33. The second-order valence-electron chi connectivity index (χ2n) is 5.03. The summed E-state index contributed by atoms with van der Waals surface area (Å²) in [5.74, 6) is -2.21. The van der Waals surface area contributed by atoms with Crippen LogP contribution in [0.3, 0.4) is 0 Å². The van der Waals surface area contributed by atoms with E-state index in [0.717, 1.165) is 0 Å². The first-order valence-electron chi connectivity index (χ1n) is 6.21. The Balaban J connectivity index is 2.13. The number of carbonyl (C=O) groups is 2. The summed E-state index contributed by atoms with van der Waals surface area (Å²) in [5.41, 5.74) is -0.212. The monoisotopic (exact) mass is 264 g/mol. The average molecular weight is 264 g/mol. The second kappa shape index (κ2) is 5.01. The van der Waals surface area contributed by atoms with Crippen LogP contribution >= 0.6 is 0 Å². The van der Waals surface area contributed by atoms with Crippen molar-refractivity contribution in [1.82, 2.24) is 0 Å². The van der Waals surface area contributed by atoms with Gasteiger partial charge in [-0.2, -0.15) is 0 Å². The highest BCUT2D eigenvalue weighted by Gasteiger charge is 2.37. The normalized spacial score (nSPS) is 26.9. The van der Waals surface area contributed by atoms with Gasteiger partial charge in [0.05, 0.1) is 17.1 Å². The molecule has 0 aromatic heterocycles. The molecule has 0 saturated heterocycles. The fraction of sp³-hybridized carbons (Fsp3) is 0.429. The molecule has 1 aliphatic carbocycles. The van der Waals surface area contributed by atoms with Crippen LogP contribution in [0.15, 0.2) is 24.3 Å². The molecule has 0 radical (unpaired) electrons. The molecule has 19 heavy (non-hydrogen) atoms. The van der Waals surface area contributed by atoms with E-state index in [2.05, 4.69) is 0 Å². The predicted molar refractivity (Wildman–Crippen MR) is 66.9 cm³/mol. The highest BCUT2D eigenvalue weighted by Crippen LogP contribution is 2.39. The van der Waals surface area contributed by atoms with E-state index in [9.17, 15) is 14.7 Å². The molecule has 1 aromatic rings. The molecular weight excluding hydrogens is 248 g/mol. The summed E-state index contributed by atoms with van der Waals surface area (Å²) >= 11 is 0. The average Bonchev–Trinajstić information content (AvgIpc) is 2.39. The van der Waals surface area contributed by atoms with E-state index in [4.69, 9.17) is 10.2 Å². The molecule has 1 saturated carbocycles. The van der Waals surface area contributed by atoms with Gasteiger partial charge in [-0.05, 0) is 43.4 Å². The molecule has 1 aliphatic rings. The molecular formula is C14H16O5. The lowest BCUT2D eigenvalue weighted by atomic mass is 9.75. The van der Waals surface area contributed by atoms with Crippen molar-refractivity contribution in [3.63, 3.8) is 0 Å². The maximum Gasteiger partial charge on any atom is 0.335 e. The minimum atomic E-state index is -1.04. The molecule has 2 rings (SSSR count). The zero-order valence-corrected chi connectivity index (χ0v) is 10.4. The number of hydrogen-bond acceptors (Lipinski definition) is 3. The number of aliphatic hydroxyl groups is 1. The molecule has 102 valence electrons. The Kier molecular flexibility index (Phi) is 3.57. The highest BCUT2D eigenvalue weighted by molar-refractivity contribution is 5.87. The zero-order chi connectivity index (χ0) is 14.0. The van der Waals surface area contributed by atoms with Crippen LogP contribution in [0.5, 0.6) is 0 Å². The van der Waals surface area contributed by atoms with Crippen LogP contribution in [-0.2, 0) is 10.4 Å². The molecule has 3 N–H and O–H groups in total. The molecule has 1 aromatic carbocycles. The van der Waals surface area contributed by atoms with Crippen molar-refractivity contribution < 1.29 is 24.9 Å². The third-order valence-corrected chi connectivity index (χ3v) is 3.83. The van der Waals surface area contributed by atoms with Gasteiger partial charge in [0, 0.05) is 0 Å². The number of aliphatic carboxylic acids is 1. The van der Waals surface area contributed by atoms with Crippen molar-refractivity contribution in [3.8, 4) is 0 Å². The number of aromatic carboxylic acids is 1.